The lowest BCUT2D eigenvalue weighted by molar-refractivity contribution is 0.241. The van der Waals surface area contributed by atoms with Gasteiger partial charge in [-0.1, -0.05) is 5.16 Å². The van der Waals surface area contributed by atoms with Gasteiger partial charge in [0.1, 0.15) is 5.76 Å². The van der Waals surface area contributed by atoms with Crippen molar-refractivity contribution in [2.45, 2.75) is 52.6 Å². The highest BCUT2D eigenvalue weighted by Crippen LogP contribution is 2.22. The van der Waals surface area contributed by atoms with Crippen LogP contribution in [0.5, 0.6) is 0 Å². The maximum atomic E-state index is 5.27. The fourth-order valence-corrected chi connectivity index (χ4v) is 3.48. The van der Waals surface area contributed by atoms with Crippen molar-refractivity contribution in [3.05, 3.63) is 40.3 Å². The van der Waals surface area contributed by atoms with Crippen LogP contribution < -0.4 is 0 Å². The van der Waals surface area contributed by atoms with Gasteiger partial charge >= 0.3 is 0 Å². The van der Waals surface area contributed by atoms with E-state index in [1.54, 1.807) is 0 Å². The third-order valence-corrected chi connectivity index (χ3v) is 4.96. The summed E-state index contributed by atoms with van der Waals surface area (Å²) in [6.07, 6.45) is 6.35. The smallest absolute Gasteiger partial charge is 0.173 e. The normalized spacial score (nSPS) is 18.3. The van der Waals surface area contributed by atoms with Crippen molar-refractivity contribution < 1.29 is 4.52 Å². The topological polar surface area (TPSA) is 67.4 Å². The third-order valence-electron chi connectivity index (χ3n) is 4.96. The van der Waals surface area contributed by atoms with Crippen LogP contribution in [0, 0.1) is 13.8 Å². The van der Waals surface area contributed by atoms with Crippen molar-refractivity contribution in [1.29, 1.82) is 0 Å². The van der Waals surface area contributed by atoms with Gasteiger partial charge in [0.15, 0.2) is 5.82 Å². The van der Waals surface area contributed by atoms with Gasteiger partial charge in [0, 0.05) is 49.9 Å². The van der Waals surface area contributed by atoms with E-state index in [9.17, 15) is 0 Å². The summed E-state index contributed by atoms with van der Waals surface area (Å²) < 4.78 is 5.27. The van der Waals surface area contributed by atoms with Gasteiger partial charge in [-0.15, -0.1) is 0 Å². The van der Waals surface area contributed by atoms with Gasteiger partial charge in [-0.05, 0) is 33.1 Å². The average molecular weight is 325 g/mol. The molecule has 2 aliphatic heterocycles. The second kappa shape index (κ2) is 6.43. The Bertz CT molecular complexity index is 760. The van der Waals surface area contributed by atoms with Gasteiger partial charge in [0.05, 0.1) is 17.1 Å². The number of nitrogens with zero attached hydrogens (tertiary/aromatic N) is 5. The number of hydrogen-bond donors (Lipinski definition) is 0. The van der Waals surface area contributed by atoms with Gasteiger partial charge in [-0.3, -0.25) is 9.89 Å². The molecule has 0 N–H and O–H groups in total. The molecule has 2 aromatic heterocycles. The Labute approximate surface area is 142 Å². The first-order chi connectivity index (χ1) is 11.7. The molecule has 2 aliphatic rings. The highest BCUT2D eigenvalue weighted by molar-refractivity contribution is 5.97. The highest BCUT2D eigenvalue weighted by Gasteiger charge is 2.22. The van der Waals surface area contributed by atoms with Crippen LogP contribution in [0.25, 0.3) is 0 Å². The molecule has 0 aromatic carbocycles. The molecule has 0 fully saturated rings. The zero-order valence-electron chi connectivity index (χ0n) is 14.4. The summed E-state index contributed by atoms with van der Waals surface area (Å²) in [7, 11) is 0. The van der Waals surface area contributed by atoms with Crippen molar-refractivity contribution in [2.24, 2.45) is 4.99 Å². The second-order valence-electron chi connectivity index (χ2n) is 6.71. The van der Waals surface area contributed by atoms with Gasteiger partial charge in [-0.2, -0.15) is 0 Å². The molecule has 0 amide bonds. The monoisotopic (exact) mass is 325 g/mol. The minimum Gasteiger partial charge on any atom is -0.361 e. The number of aliphatic imine (C=N–C) groups is 1. The van der Waals surface area contributed by atoms with Crippen LogP contribution in [0.2, 0.25) is 0 Å². The predicted octanol–water partition coefficient (Wildman–Crippen LogP) is 2.61. The summed E-state index contributed by atoms with van der Waals surface area (Å²) in [5, 5.41) is 4.05. The van der Waals surface area contributed by atoms with Crippen LogP contribution in [0.1, 0.15) is 53.4 Å². The summed E-state index contributed by atoms with van der Waals surface area (Å²) >= 11 is 0. The predicted molar refractivity (Wildman–Crippen MR) is 91.1 cm³/mol. The number of aromatic nitrogens is 3. The lowest BCUT2D eigenvalue weighted by Gasteiger charge is -2.28. The minimum absolute atomic E-state index is 0.840. The van der Waals surface area contributed by atoms with Crippen LogP contribution in [-0.2, 0) is 19.5 Å². The molecule has 0 aliphatic carbocycles. The molecule has 0 saturated heterocycles. The molecule has 4 heterocycles. The molecule has 0 unspecified atom stereocenters. The Morgan fingerprint density at radius 1 is 1.21 bits per heavy atom. The quantitative estimate of drug-likeness (QED) is 0.868. The van der Waals surface area contributed by atoms with Gasteiger partial charge in [0.25, 0.3) is 0 Å². The maximum absolute atomic E-state index is 5.27. The van der Waals surface area contributed by atoms with E-state index in [2.05, 4.69) is 20.0 Å². The lowest BCUT2D eigenvalue weighted by Crippen LogP contribution is -2.31. The SMILES string of the molecule is Cc1noc(C)c1CN1CCc2nc(C3=NCCCC3)ncc2C1. The number of rotatable bonds is 3. The first-order valence-electron chi connectivity index (χ1n) is 8.73. The van der Waals surface area contributed by atoms with E-state index in [1.165, 1.54) is 29.7 Å². The van der Waals surface area contributed by atoms with Crippen molar-refractivity contribution in [3.8, 4) is 0 Å². The van der Waals surface area contributed by atoms with Crippen molar-refractivity contribution in [3.63, 3.8) is 0 Å². The van der Waals surface area contributed by atoms with Crippen LogP contribution >= 0.6 is 0 Å². The summed E-state index contributed by atoms with van der Waals surface area (Å²) in [6, 6.07) is 0. The van der Waals surface area contributed by atoms with E-state index < -0.39 is 0 Å². The summed E-state index contributed by atoms with van der Waals surface area (Å²) in [6.45, 7) is 7.65. The van der Waals surface area contributed by atoms with E-state index in [1.807, 2.05) is 20.0 Å². The zero-order valence-corrected chi connectivity index (χ0v) is 14.4. The first-order valence-corrected chi connectivity index (χ1v) is 8.73. The number of hydrogen-bond acceptors (Lipinski definition) is 6. The van der Waals surface area contributed by atoms with E-state index in [-0.39, 0.29) is 0 Å². The molecule has 24 heavy (non-hydrogen) atoms. The van der Waals surface area contributed by atoms with E-state index >= 15 is 0 Å². The van der Waals surface area contributed by atoms with E-state index in [0.29, 0.717) is 0 Å². The van der Waals surface area contributed by atoms with E-state index in [4.69, 9.17) is 9.51 Å². The van der Waals surface area contributed by atoms with Gasteiger partial charge < -0.3 is 4.52 Å². The Balaban J connectivity index is 1.50. The molecule has 6 heteroatoms. The first kappa shape index (κ1) is 15.4. The Morgan fingerprint density at radius 3 is 2.88 bits per heavy atom. The van der Waals surface area contributed by atoms with Crippen LogP contribution in [0.15, 0.2) is 15.7 Å². The Kier molecular flexibility index (Phi) is 4.14. The fourth-order valence-electron chi connectivity index (χ4n) is 3.48. The molecular weight excluding hydrogens is 302 g/mol. The molecule has 0 spiro atoms. The third kappa shape index (κ3) is 2.98. The molecule has 126 valence electrons. The molecule has 0 saturated carbocycles. The Hall–Kier alpha value is -2.08. The molecule has 0 atom stereocenters. The average Bonchev–Trinajstić information content (AvgIpc) is 2.94. The van der Waals surface area contributed by atoms with Crippen molar-refractivity contribution >= 4 is 5.71 Å². The van der Waals surface area contributed by atoms with Crippen molar-refractivity contribution in [2.75, 3.05) is 13.1 Å². The van der Waals surface area contributed by atoms with Gasteiger partial charge in [-0.25, -0.2) is 9.97 Å². The summed E-state index contributed by atoms with van der Waals surface area (Å²) in [5.41, 5.74) is 5.69. The molecule has 0 bridgehead atoms. The van der Waals surface area contributed by atoms with Gasteiger partial charge in [0.2, 0.25) is 0 Å². The van der Waals surface area contributed by atoms with Crippen LogP contribution in [0.3, 0.4) is 0 Å². The van der Waals surface area contributed by atoms with Crippen molar-refractivity contribution in [1.82, 2.24) is 20.0 Å². The maximum Gasteiger partial charge on any atom is 0.173 e. The Morgan fingerprint density at radius 2 is 2.12 bits per heavy atom. The molecule has 2 aromatic rings. The highest BCUT2D eigenvalue weighted by atomic mass is 16.5. The summed E-state index contributed by atoms with van der Waals surface area (Å²) in [5.74, 6) is 1.76. The standard InChI is InChI=1S/C18H23N5O/c1-12-15(13(2)24-22-12)11-23-8-6-16-14(10-23)9-20-18(21-16)17-5-3-4-7-19-17/h9H,3-8,10-11H2,1-2H3. The van der Waals surface area contributed by atoms with Crippen LogP contribution in [0.4, 0.5) is 0 Å². The summed E-state index contributed by atoms with van der Waals surface area (Å²) in [4.78, 5) is 16.4. The zero-order chi connectivity index (χ0) is 16.5. The number of aryl methyl sites for hydroxylation is 2. The minimum atomic E-state index is 0.840. The molecular formula is C18H23N5O. The molecule has 4 rings (SSSR count). The second-order valence-corrected chi connectivity index (χ2v) is 6.71. The molecule has 0 radical (unpaired) electrons. The largest absolute Gasteiger partial charge is 0.361 e. The van der Waals surface area contributed by atoms with E-state index in [0.717, 1.165) is 62.0 Å². The fraction of sp³-hybridized carbons (Fsp3) is 0.556. The lowest BCUT2D eigenvalue weighted by atomic mass is 10.0. The van der Waals surface area contributed by atoms with Crippen LogP contribution in [-0.4, -0.2) is 38.8 Å². The molecule has 6 nitrogen and oxygen atoms in total. The number of fused-ring (bicyclic) bond motifs is 1.